The standard InChI is InChI=1S/C50H31NOS/c1-2-10-32(11-3-1)33-18-20-35(21-19-33)41-28-29-45(49-44-15-6-8-16-46(44)52-50(41)49)51(38-25-27-43-42-14-7-9-17-47(42)53-48(43)31-38)37-24-26-40-36(30-37)23-22-34-12-4-5-13-39(34)40/h1-31H. The van der Waals surface area contributed by atoms with Crippen molar-refractivity contribution in [3.05, 3.63) is 188 Å². The van der Waals surface area contributed by atoms with Gasteiger partial charge in [-0.15, -0.1) is 11.3 Å². The summed E-state index contributed by atoms with van der Waals surface area (Å²) in [6, 6.07) is 68.0. The van der Waals surface area contributed by atoms with Crippen molar-refractivity contribution in [2.75, 3.05) is 4.90 Å². The average molecular weight is 694 g/mol. The summed E-state index contributed by atoms with van der Waals surface area (Å²) in [5, 5.41) is 9.75. The van der Waals surface area contributed by atoms with E-state index >= 15 is 0 Å². The van der Waals surface area contributed by atoms with E-state index in [1.165, 1.54) is 52.8 Å². The highest BCUT2D eigenvalue weighted by atomic mass is 32.1. The molecule has 0 aliphatic heterocycles. The molecular weight excluding hydrogens is 663 g/mol. The summed E-state index contributed by atoms with van der Waals surface area (Å²) in [5.74, 6) is 0. The molecule has 53 heavy (non-hydrogen) atoms. The van der Waals surface area contributed by atoms with Gasteiger partial charge in [0.1, 0.15) is 11.2 Å². The molecule has 0 radical (unpaired) electrons. The van der Waals surface area contributed by atoms with Gasteiger partial charge in [0.15, 0.2) is 0 Å². The van der Waals surface area contributed by atoms with E-state index in [0.717, 1.165) is 50.1 Å². The van der Waals surface area contributed by atoms with Gasteiger partial charge in [0.2, 0.25) is 0 Å². The summed E-state index contributed by atoms with van der Waals surface area (Å²) in [5.41, 5.74) is 9.64. The molecule has 0 aliphatic rings. The highest BCUT2D eigenvalue weighted by molar-refractivity contribution is 7.25. The van der Waals surface area contributed by atoms with Crippen molar-refractivity contribution in [3.63, 3.8) is 0 Å². The number of rotatable bonds is 5. The van der Waals surface area contributed by atoms with Gasteiger partial charge in [-0.1, -0.05) is 140 Å². The fourth-order valence-electron chi connectivity index (χ4n) is 8.12. The monoisotopic (exact) mass is 693 g/mol. The van der Waals surface area contributed by atoms with E-state index in [4.69, 9.17) is 4.42 Å². The molecule has 0 saturated carbocycles. The lowest BCUT2D eigenvalue weighted by molar-refractivity contribution is 0.670. The van der Waals surface area contributed by atoms with Crippen LogP contribution >= 0.6 is 11.3 Å². The van der Waals surface area contributed by atoms with Crippen LogP contribution in [0.2, 0.25) is 0 Å². The summed E-state index contributed by atoms with van der Waals surface area (Å²) < 4.78 is 9.39. The van der Waals surface area contributed by atoms with Crippen LogP contribution in [-0.4, -0.2) is 0 Å². The highest BCUT2D eigenvalue weighted by Crippen LogP contribution is 2.48. The molecule has 0 unspecified atom stereocenters. The van der Waals surface area contributed by atoms with Gasteiger partial charge in [-0.3, -0.25) is 0 Å². The number of benzene rings is 9. The summed E-state index contributed by atoms with van der Waals surface area (Å²) in [4.78, 5) is 2.42. The van der Waals surface area contributed by atoms with E-state index in [1.807, 2.05) is 11.3 Å². The maximum absolute atomic E-state index is 6.82. The minimum atomic E-state index is 0.877. The van der Waals surface area contributed by atoms with E-state index in [2.05, 4.69) is 193 Å². The fourth-order valence-corrected chi connectivity index (χ4v) is 9.26. The second kappa shape index (κ2) is 11.9. The van der Waals surface area contributed by atoms with E-state index in [1.54, 1.807) is 0 Å². The Morgan fingerprint density at radius 2 is 1.02 bits per heavy atom. The minimum absolute atomic E-state index is 0.877. The summed E-state index contributed by atoms with van der Waals surface area (Å²) in [7, 11) is 0. The zero-order valence-corrected chi connectivity index (χ0v) is 29.5. The van der Waals surface area contributed by atoms with Crippen LogP contribution in [0.3, 0.4) is 0 Å². The third-order valence-corrected chi connectivity index (χ3v) is 11.8. The van der Waals surface area contributed by atoms with Crippen molar-refractivity contribution in [3.8, 4) is 22.3 Å². The number of para-hydroxylation sites is 1. The third kappa shape index (κ3) is 4.86. The predicted octanol–water partition coefficient (Wildman–Crippen LogP) is 15.1. The highest BCUT2D eigenvalue weighted by Gasteiger charge is 2.23. The van der Waals surface area contributed by atoms with Gasteiger partial charge in [-0.2, -0.15) is 0 Å². The molecule has 2 heterocycles. The maximum atomic E-state index is 6.82. The summed E-state index contributed by atoms with van der Waals surface area (Å²) in [6.45, 7) is 0. The van der Waals surface area contributed by atoms with Crippen molar-refractivity contribution >= 4 is 92.1 Å². The van der Waals surface area contributed by atoms with Gasteiger partial charge < -0.3 is 9.32 Å². The number of hydrogen-bond acceptors (Lipinski definition) is 3. The first-order valence-corrected chi connectivity index (χ1v) is 18.8. The Kier molecular flexibility index (Phi) is 6.76. The zero-order chi connectivity index (χ0) is 34.9. The third-order valence-electron chi connectivity index (χ3n) is 10.7. The first-order chi connectivity index (χ1) is 26.3. The van der Waals surface area contributed by atoms with Crippen LogP contribution in [-0.2, 0) is 0 Å². The number of furan rings is 1. The Labute approximate surface area is 310 Å². The fraction of sp³-hybridized carbons (Fsp3) is 0. The van der Waals surface area contributed by atoms with Gasteiger partial charge in [-0.05, 0) is 86.8 Å². The van der Waals surface area contributed by atoms with Crippen LogP contribution in [0.4, 0.5) is 17.1 Å². The summed E-state index contributed by atoms with van der Waals surface area (Å²) in [6.07, 6.45) is 0. The lowest BCUT2D eigenvalue weighted by Gasteiger charge is -2.27. The van der Waals surface area contributed by atoms with Gasteiger partial charge in [0, 0.05) is 42.5 Å². The number of thiophene rings is 1. The van der Waals surface area contributed by atoms with Crippen LogP contribution in [0, 0.1) is 0 Å². The molecule has 0 bridgehead atoms. The first-order valence-electron chi connectivity index (χ1n) is 18.0. The topological polar surface area (TPSA) is 16.4 Å². The lowest BCUT2D eigenvalue weighted by atomic mass is 9.97. The molecule has 2 aromatic heterocycles. The second-order valence-corrected chi connectivity index (χ2v) is 14.8. The van der Waals surface area contributed by atoms with E-state index in [0.29, 0.717) is 0 Å². The molecule has 248 valence electrons. The number of anilines is 3. The molecule has 0 aliphatic carbocycles. The van der Waals surface area contributed by atoms with Crippen molar-refractivity contribution < 1.29 is 4.42 Å². The van der Waals surface area contributed by atoms with Crippen LogP contribution in [0.5, 0.6) is 0 Å². The molecule has 0 atom stereocenters. The smallest absolute Gasteiger partial charge is 0.145 e. The second-order valence-electron chi connectivity index (χ2n) is 13.7. The predicted molar refractivity (Wildman–Crippen MR) is 227 cm³/mol. The molecule has 11 rings (SSSR count). The molecule has 9 aromatic carbocycles. The minimum Gasteiger partial charge on any atom is -0.455 e. The molecule has 0 fully saturated rings. The Hall–Kier alpha value is -6.68. The normalized spacial score (nSPS) is 11.8. The molecule has 11 aromatic rings. The van der Waals surface area contributed by atoms with Gasteiger partial charge >= 0.3 is 0 Å². The Balaban J connectivity index is 1.16. The van der Waals surface area contributed by atoms with Gasteiger partial charge in [0.05, 0.1) is 11.1 Å². The van der Waals surface area contributed by atoms with Crippen LogP contribution < -0.4 is 4.90 Å². The summed E-state index contributed by atoms with van der Waals surface area (Å²) >= 11 is 1.85. The van der Waals surface area contributed by atoms with Gasteiger partial charge in [-0.25, -0.2) is 0 Å². The molecule has 0 N–H and O–H groups in total. The van der Waals surface area contributed by atoms with E-state index < -0.39 is 0 Å². The van der Waals surface area contributed by atoms with E-state index in [-0.39, 0.29) is 0 Å². The van der Waals surface area contributed by atoms with Crippen molar-refractivity contribution in [1.82, 2.24) is 0 Å². The van der Waals surface area contributed by atoms with E-state index in [9.17, 15) is 0 Å². The van der Waals surface area contributed by atoms with Crippen molar-refractivity contribution in [2.24, 2.45) is 0 Å². The Morgan fingerprint density at radius 1 is 0.396 bits per heavy atom. The van der Waals surface area contributed by atoms with Crippen molar-refractivity contribution in [1.29, 1.82) is 0 Å². The molecular formula is C50H31NOS. The molecule has 2 nitrogen and oxygen atoms in total. The number of fused-ring (bicyclic) bond motifs is 9. The first kappa shape index (κ1) is 30.0. The molecule has 0 spiro atoms. The number of nitrogens with zero attached hydrogens (tertiary/aromatic N) is 1. The largest absolute Gasteiger partial charge is 0.455 e. The van der Waals surface area contributed by atoms with Crippen molar-refractivity contribution in [2.45, 2.75) is 0 Å². The van der Waals surface area contributed by atoms with Gasteiger partial charge in [0.25, 0.3) is 0 Å². The Bertz CT molecular complexity index is 3170. The lowest BCUT2D eigenvalue weighted by Crippen LogP contribution is -2.10. The number of hydrogen-bond donors (Lipinski definition) is 0. The molecule has 0 amide bonds. The average Bonchev–Trinajstić information content (AvgIpc) is 3.80. The van der Waals surface area contributed by atoms with Crippen LogP contribution in [0.1, 0.15) is 0 Å². The quantitative estimate of drug-likeness (QED) is 0.167. The maximum Gasteiger partial charge on any atom is 0.145 e. The zero-order valence-electron chi connectivity index (χ0n) is 28.7. The molecule has 0 saturated heterocycles. The van der Waals surface area contributed by atoms with Crippen LogP contribution in [0.15, 0.2) is 192 Å². The SMILES string of the molecule is c1ccc(-c2ccc(-c3ccc(N(c4ccc5c(ccc6ccccc65)c4)c4ccc5c(c4)sc4ccccc45)c4c3oc3ccccc34)cc2)cc1. The molecule has 3 heteroatoms. The Morgan fingerprint density at radius 3 is 1.89 bits per heavy atom. The van der Waals surface area contributed by atoms with Crippen LogP contribution in [0.25, 0.3) is 85.9 Å².